The molecular formula is C19H20BrFN2O3S. The fourth-order valence-electron chi connectivity index (χ4n) is 4.43. The molecule has 1 saturated heterocycles. The molecular weight excluding hydrogens is 435 g/mol. The lowest BCUT2D eigenvalue weighted by molar-refractivity contribution is 0.193. The standard InChI is InChI=1S/C19H20BrFN2O3S/c1-22-16-7-6-12(20)10-14(16)19-13(17(22)11-24)8-9-23(19)27(25,26)18-5-3-2-4-15(18)21/h2-7,10,13,17,19,24H,8-9,11H2,1H3/t13-,17-,19-/m1/s1. The van der Waals surface area contributed by atoms with Crippen LogP contribution in [0.3, 0.4) is 0 Å². The molecule has 0 amide bonds. The van der Waals surface area contributed by atoms with Crippen LogP contribution in [0.4, 0.5) is 10.1 Å². The van der Waals surface area contributed by atoms with Crippen LogP contribution < -0.4 is 4.90 Å². The quantitative estimate of drug-likeness (QED) is 0.773. The molecule has 0 unspecified atom stereocenters. The van der Waals surface area contributed by atoms with E-state index in [1.54, 1.807) is 0 Å². The van der Waals surface area contributed by atoms with Crippen LogP contribution in [0.25, 0.3) is 0 Å². The van der Waals surface area contributed by atoms with Crippen molar-refractivity contribution in [3.8, 4) is 0 Å². The van der Waals surface area contributed by atoms with E-state index in [2.05, 4.69) is 15.9 Å². The highest BCUT2D eigenvalue weighted by Crippen LogP contribution is 2.50. The Balaban J connectivity index is 1.87. The lowest BCUT2D eigenvalue weighted by atomic mass is 9.82. The van der Waals surface area contributed by atoms with Crippen LogP contribution in [0.2, 0.25) is 0 Å². The molecule has 2 aromatic rings. The first-order chi connectivity index (χ1) is 12.9. The maximum Gasteiger partial charge on any atom is 0.246 e. The van der Waals surface area contributed by atoms with Gasteiger partial charge in [0, 0.05) is 29.7 Å². The highest BCUT2D eigenvalue weighted by atomic mass is 79.9. The van der Waals surface area contributed by atoms with Gasteiger partial charge in [0.2, 0.25) is 10.0 Å². The van der Waals surface area contributed by atoms with E-state index in [0.717, 1.165) is 21.8 Å². The van der Waals surface area contributed by atoms with Crippen molar-refractivity contribution in [1.29, 1.82) is 0 Å². The predicted molar refractivity (Wildman–Crippen MR) is 105 cm³/mol. The van der Waals surface area contributed by atoms with Gasteiger partial charge in [0.25, 0.3) is 0 Å². The van der Waals surface area contributed by atoms with Crippen molar-refractivity contribution >= 4 is 31.6 Å². The number of aliphatic hydroxyl groups excluding tert-OH is 1. The molecule has 1 N–H and O–H groups in total. The molecule has 0 bridgehead atoms. The average molecular weight is 455 g/mol. The van der Waals surface area contributed by atoms with Gasteiger partial charge in [-0.05, 0) is 42.3 Å². The number of hydrogen-bond donors (Lipinski definition) is 1. The number of sulfonamides is 1. The van der Waals surface area contributed by atoms with E-state index in [9.17, 15) is 17.9 Å². The summed E-state index contributed by atoms with van der Waals surface area (Å²) in [5, 5.41) is 9.96. The first-order valence-corrected chi connectivity index (χ1v) is 11.0. The molecule has 0 radical (unpaired) electrons. The third-order valence-corrected chi connectivity index (χ3v) is 8.10. The number of nitrogens with zero attached hydrogens (tertiary/aromatic N) is 2. The number of anilines is 1. The molecule has 2 aliphatic heterocycles. The summed E-state index contributed by atoms with van der Waals surface area (Å²) in [5.41, 5.74) is 1.76. The molecule has 0 aromatic heterocycles. The number of hydrogen-bond acceptors (Lipinski definition) is 4. The smallest absolute Gasteiger partial charge is 0.246 e. The Bertz CT molecular complexity index is 985. The van der Waals surface area contributed by atoms with Crippen molar-refractivity contribution in [3.05, 3.63) is 58.3 Å². The molecule has 0 aliphatic carbocycles. The molecule has 0 spiro atoms. The van der Waals surface area contributed by atoms with Gasteiger partial charge in [-0.15, -0.1) is 0 Å². The molecule has 2 heterocycles. The summed E-state index contributed by atoms with van der Waals surface area (Å²) >= 11 is 3.47. The maximum absolute atomic E-state index is 14.3. The van der Waals surface area contributed by atoms with Crippen molar-refractivity contribution in [2.45, 2.75) is 23.4 Å². The molecule has 8 heteroatoms. The van der Waals surface area contributed by atoms with E-state index >= 15 is 0 Å². The summed E-state index contributed by atoms with van der Waals surface area (Å²) in [6.45, 7) is 0.225. The van der Waals surface area contributed by atoms with Crippen molar-refractivity contribution in [2.24, 2.45) is 5.92 Å². The van der Waals surface area contributed by atoms with E-state index in [-0.39, 0.29) is 23.5 Å². The minimum atomic E-state index is -4.00. The molecule has 27 heavy (non-hydrogen) atoms. The third kappa shape index (κ3) is 2.90. The lowest BCUT2D eigenvalue weighted by Crippen LogP contribution is -2.48. The monoisotopic (exact) mass is 454 g/mol. The van der Waals surface area contributed by atoms with Crippen LogP contribution in [0, 0.1) is 11.7 Å². The van der Waals surface area contributed by atoms with E-state index in [4.69, 9.17) is 0 Å². The maximum atomic E-state index is 14.3. The van der Waals surface area contributed by atoms with Gasteiger partial charge in [-0.3, -0.25) is 0 Å². The van der Waals surface area contributed by atoms with E-state index in [1.165, 1.54) is 22.5 Å². The zero-order chi connectivity index (χ0) is 19.3. The van der Waals surface area contributed by atoms with Gasteiger partial charge in [0.15, 0.2) is 0 Å². The lowest BCUT2D eigenvalue weighted by Gasteiger charge is -2.44. The number of aliphatic hydroxyl groups is 1. The molecule has 1 fully saturated rings. The minimum absolute atomic E-state index is 0.0663. The summed E-state index contributed by atoms with van der Waals surface area (Å²) < 4.78 is 43.1. The van der Waals surface area contributed by atoms with Gasteiger partial charge in [-0.25, -0.2) is 12.8 Å². The van der Waals surface area contributed by atoms with Crippen LogP contribution in [-0.2, 0) is 10.0 Å². The SMILES string of the molecule is CN1c2ccc(Br)cc2[C@H]2[C@H](CCN2S(=O)(=O)c2ccccc2F)[C@H]1CO. The largest absolute Gasteiger partial charge is 0.394 e. The molecule has 0 saturated carbocycles. The first kappa shape index (κ1) is 18.9. The van der Waals surface area contributed by atoms with Crippen molar-refractivity contribution in [3.63, 3.8) is 0 Å². The molecule has 144 valence electrons. The van der Waals surface area contributed by atoms with E-state index < -0.39 is 21.9 Å². The Morgan fingerprint density at radius 2 is 2.00 bits per heavy atom. The second kappa shape index (κ2) is 6.84. The minimum Gasteiger partial charge on any atom is -0.394 e. The topological polar surface area (TPSA) is 60.9 Å². The van der Waals surface area contributed by atoms with Crippen LogP contribution in [0.1, 0.15) is 18.0 Å². The fraction of sp³-hybridized carbons (Fsp3) is 0.368. The van der Waals surface area contributed by atoms with Crippen LogP contribution in [0.5, 0.6) is 0 Å². The Morgan fingerprint density at radius 1 is 1.26 bits per heavy atom. The summed E-state index contributed by atoms with van der Waals surface area (Å²) in [6.07, 6.45) is 0.611. The van der Waals surface area contributed by atoms with Crippen LogP contribution in [0.15, 0.2) is 51.8 Å². The number of benzene rings is 2. The summed E-state index contributed by atoms with van der Waals surface area (Å²) in [7, 11) is -2.09. The number of halogens is 2. The Labute approximate surface area is 166 Å². The summed E-state index contributed by atoms with van der Waals surface area (Å²) in [5.74, 6) is -0.814. The fourth-order valence-corrected chi connectivity index (χ4v) is 6.54. The zero-order valence-corrected chi connectivity index (χ0v) is 17.1. The zero-order valence-electron chi connectivity index (χ0n) is 14.7. The van der Waals surface area contributed by atoms with Gasteiger partial charge in [0.1, 0.15) is 10.7 Å². The van der Waals surface area contributed by atoms with Gasteiger partial charge in [-0.1, -0.05) is 28.1 Å². The van der Waals surface area contributed by atoms with Gasteiger partial charge in [-0.2, -0.15) is 4.31 Å². The van der Waals surface area contributed by atoms with Crippen LogP contribution >= 0.6 is 15.9 Å². The van der Waals surface area contributed by atoms with Crippen molar-refractivity contribution in [1.82, 2.24) is 4.31 Å². The van der Waals surface area contributed by atoms with Gasteiger partial charge < -0.3 is 10.0 Å². The second-order valence-electron chi connectivity index (χ2n) is 7.01. The number of rotatable bonds is 3. The molecule has 2 aliphatic rings. The van der Waals surface area contributed by atoms with E-state index in [1.807, 2.05) is 30.1 Å². The Kier molecular flexibility index (Phi) is 4.78. The number of likely N-dealkylation sites (N-methyl/N-ethyl adjacent to an activating group) is 1. The highest BCUT2D eigenvalue weighted by molar-refractivity contribution is 9.10. The van der Waals surface area contributed by atoms with Gasteiger partial charge in [0.05, 0.1) is 18.7 Å². The number of fused-ring (bicyclic) bond motifs is 3. The highest BCUT2D eigenvalue weighted by Gasteiger charge is 2.50. The van der Waals surface area contributed by atoms with Crippen molar-refractivity contribution < 1.29 is 17.9 Å². The first-order valence-electron chi connectivity index (χ1n) is 8.75. The van der Waals surface area contributed by atoms with E-state index in [0.29, 0.717) is 13.0 Å². The second-order valence-corrected chi connectivity index (χ2v) is 9.78. The molecule has 3 atom stereocenters. The van der Waals surface area contributed by atoms with Crippen LogP contribution in [-0.4, -0.2) is 44.1 Å². The van der Waals surface area contributed by atoms with Crippen molar-refractivity contribution in [2.75, 3.05) is 25.1 Å². The Morgan fingerprint density at radius 3 is 2.70 bits per heavy atom. The molecule has 2 aromatic carbocycles. The summed E-state index contributed by atoms with van der Waals surface area (Å²) in [4.78, 5) is 1.71. The third-order valence-electron chi connectivity index (χ3n) is 5.69. The average Bonchev–Trinajstić information content (AvgIpc) is 3.08. The normalized spacial score (nSPS) is 25.3. The predicted octanol–water partition coefficient (Wildman–Crippen LogP) is 3.15. The Hall–Kier alpha value is -1.48. The molecule has 5 nitrogen and oxygen atoms in total. The summed E-state index contributed by atoms with van der Waals surface area (Å²) in [6, 6.07) is 10.6. The van der Waals surface area contributed by atoms with Gasteiger partial charge >= 0.3 is 0 Å². The molecule has 4 rings (SSSR count).